The summed E-state index contributed by atoms with van der Waals surface area (Å²) < 4.78 is 75.0. The van der Waals surface area contributed by atoms with Gasteiger partial charge in [-0.2, -0.15) is 0 Å². The van der Waals surface area contributed by atoms with Crippen LogP contribution in [0.5, 0.6) is 0 Å². The molecule has 0 spiro atoms. The average Bonchev–Trinajstić information content (AvgIpc) is 2.95. The van der Waals surface area contributed by atoms with Crippen molar-refractivity contribution in [3.8, 4) is 0 Å². The van der Waals surface area contributed by atoms with Crippen molar-refractivity contribution in [2.75, 3.05) is 10.0 Å². The lowest BCUT2D eigenvalue weighted by Crippen LogP contribution is -2.15. The zero-order chi connectivity index (χ0) is 20.6. The standard InChI is InChI=1S/C19H17F3N2O3S/c1-10-4-6-15(14(21)8-10)23-19-16(7-5-13(20)18(19)22)24-28(25,26)17-9-11(2)27-12(17)3/h4-9,23-24H,1-3H3. The first-order valence-electron chi connectivity index (χ1n) is 8.19. The van der Waals surface area contributed by atoms with Crippen LogP contribution in [-0.4, -0.2) is 8.42 Å². The minimum atomic E-state index is -4.15. The van der Waals surface area contributed by atoms with Gasteiger partial charge in [0.15, 0.2) is 11.6 Å². The van der Waals surface area contributed by atoms with E-state index in [0.717, 1.165) is 12.1 Å². The van der Waals surface area contributed by atoms with Gasteiger partial charge in [0.2, 0.25) is 0 Å². The van der Waals surface area contributed by atoms with E-state index in [1.165, 1.54) is 25.1 Å². The first kappa shape index (κ1) is 19.8. The van der Waals surface area contributed by atoms with Crippen molar-refractivity contribution in [1.29, 1.82) is 0 Å². The molecule has 2 aromatic carbocycles. The number of furan rings is 1. The van der Waals surface area contributed by atoms with Gasteiger partial charge in [-0.1, -0.05) is 6.07 Å². The first-order chi connectivity index (χ1) is 13.1. The van der Waals surface area contributed by atoms with E-state index in [2.05, 4.69) is 10.0 Å². The SMILES string of the molecule is Cc1ccc(Nc2c(NS(=O)(=O)c3cc(C)oc3C)ccc(F)c2F)c(F)c1. The number of hydrogen-bond donors (Lipinski definition) is 2. The maximum atomic E-state index is 14.4. The summed E-state index contributed by atoms with van der Waals surface area (Å²) in [6.07, 6.45) is 0. The fourth-order valence-corrected chi connectivity index (χ4v) is 4.00. The number of rotatable bonds is 5. The second-order valence-corrected chi connectivity index (χ2v) is 7.93. The van der Waals surface area contributed by atoms with Crippen LogP contribution >= 0.6 is 0 Å². The van der Waals surface area contributed by atoms with Crippen molar-refractivity contribution in [2.24, 2.45) is 0 Å². The number of aryl methyl sites for hydroxylation is 3. The van der Waals surface area contributed by atoms with E-state index in [0.29, 0.717) is 11.3 Å². The highest BCUT2D eigenvalue weighted by Crippen LogP contribution is 2.33. The Morgan fingerprint density at radius 3 is 2.18 bits per heavy atom. The summed E-state index contributed by atoms with van der Waals surface area (Å²) in [4.78, 5) is -0.137. The Hall–Kier alpha value is -2.94. The molecule has 0 aliphatic carbocycles. The summed E-state index contributed by atoms with van der Waals surface area (Å²) in [6, 6.07) is 7.26. The summed E-state index contributed by atoms with van der Waals surface area (Å²) in [5, 5.41) is 2.43. The van der Waals surface area contributed by atoms with Gasteiger partial charge in [-0.15, -0.1) is 0 Å². The Morgan fingerprint density at radius 2 is 1.57 bits per heavy atom. The molecule has 0 atom stereocenters. The molecule has 5 nitrogen and oxygen atoms in total. The summed E-state index contributed by atoms with van der Waals surface area (Å²) in [5.41, 5.74) is -0.318. The largest absolute Gasteiger partial charge is 0.465 e. The van der Waals surface area contributed by atoms with Crippen LogP contribution in [-0.2, 0) is 10.0 Å². The minimum Gasteiger partial charge on any atom is -0.465 e. The summed E-state index contributed by atoms with van der Waals surface area (Å²) in [5.74, 6) is -2.73. The molecule has 148 valence electrons. The normalized spacial score (nSPS) is 11.5. The highest BCUT2D eigenvalue weighted by molar-refractivity contribution is 7.92. The third-order valence-corrected chi connectivity index (χ3v) is 5.48. The van der Waals surface area contributed by atoms with Crippen LogP contribution in [0.25, 0.3) is 0 Å². The van der Waals surface area contributed by atoms with Gasteiger partial charge in [-0.25, -0.2) is 21.6 Å². The van der Waals surface area contributed by atoms with Gasteiger partial charge < -0.3 is 9.73 Å². The van der Waals surface area contributed by atoms with E-state index in [1.54, 1.807) is 19.9 Å². The van der Waals surface area contributed by atoms with Crippen molar-refractivity contribution in [2.45, 2.75) is 25.7 Å². The molecule has 0 saturated heterocycles. The molecule has 1 heterocycles. The topological polar surface area (TPSA) is 71.3 Å². The highest BCUT2D eigenvalue weighted by Gasteiger charge is 2.24. The van der Waals surface area contributed by atoms with Crippen molar-refractivity contribution < 1.29 is 26.0 Å². The van der Waals surface area contributed by atoms with E-state index in [-0.39, 0.29) is 22.0 Å². The molecule has 2 N–H and O–H groups in total. The van der Waals surface area contributed by atoms with E-state index >= 15 is 0 Å². The van der Waals surface area contributed by atoms with Crippen molar-refractivity contribution in [1.82, 2.24) is 0 Å². The number of nitrogens with one attached hydrogen (secondary N) is 2. The summed E-state index contributed by atoms with van der Waals surface area (Å²) >= 11 is 0. The fourth-order valence-electron chi connectivity index (χ4n) is 2.69. The minimum absolute atomic E-state index is 0.133. The maximum absolute atomic E-state index is 14.4. The molecule has 3 rings (SSSR count). The molecule has 0 aliphatic heterocycles. The smallest absolute Gasteiger partial charge is 0.265 e. The monoisotopic (exact) mass is 410 g/mol. The van der Waals surface area contributed by atoms with Gasteiger partial charge in [-0.05, 0) is 50.6 Å². The molecule has 1 aromatic heterocycles. The van der Waals surface area contributed by atoms with Gasteiger partial charge in [0.1, 0.15) is 27.9 Å². The van der Waals surface area contributed by atoms with Crippen LogP contribution in [0.2, 0.25) is 0 Å². The molecule has 3 aromatic rings. The molecule has 0 radical (unpaired) electrons. The van der Waals surface area contributed by atoms with Gasteiger partial charge in [-0.3, -0.25) is 4.72 Å². The Balaban J connectivity index is 2.04. The molecule has 0 unspecified atom stereocenters. The van der Waals surface area contributed by atoms with Gasteiger partial charge >= 0.3 is 0 Å². The lowest BCUT2D eigenvalue weighted by Gasteiger charge is -2.16. The van der Waals surface area contributed by atoms with Crippen LogP contribution in [0, 0.1) is 38.2 Å². The maximum Gasteiger partial charge on any atom is 0.265 e. The fraction of sp³-hybridized carbons (Fsp3) is 0.158. The zero-order valence-corrected chi connectivity index (χ0v) is 16.0. The number of halogens is 3. The van der Waals surface area contributed by atoms with E-state index in [9.17, 15) is 21.6 Å². The van der Waals surface area contributed by atoms with E-state index < -0.39 is 33.2 Å². The van der Waals surface area contributed by atoms with Crippen molar-refractivity contribution >= 4 is 27.1 Å². The van der Waals surface area contributed by atoms with Gasteiger partial charge in [0.05, 0.1) is 11.4 Å². The predicted molar refractivity (Wildman–Crippen MR) is 99.8 cm³/mol. The average molecular weight is 410 g/mol. The molecular weight excluding hydrogens is 393 g/mol. The second kappa shape index (κ2) is 7.23. The van der Waals surface area contributed by atoms with E-state index in [4.69, 9.17) is 4.42 Å². The van der Waals surface area contributed by atoms with Gasteiger partial charge in [0.25, 0.3) is 10.0 Å². The molecular formula is C19H17F3N2O3S. The Labute approximate surface area is 160 Å². The first-order valence-corrected chi connectivity index (χ1v) is 9.68. The van der Waals surface area contributed by atoms with Crippen LogP contribution in [0.4, 0.5) is 30.2 Å². The Morgan fingerprint density at radius 1 is 0.893 bits per heavy atom. The number of benzene rings is 2. The Kier molecular flexibility index (Phi) is 5.12. The van der Waals surface area contributed by atoms with Crippen LogP contribution in [0.3, 0.4) is 0 Å². The quantitative estimate of drug-likeness (QED) is 0.609. The lowest BCUT2D eigenvalue weighted by molar-refractivity contribution is 0.496. The lowest BCUT2D eigenvalue weighted by atomic mass is 10.2. The van der Waals surface area contributed by atoms with E-state index in [1.807, 2.05) is 0 Å². The van der Waals surface area contributed by atoms with Crippen molar-refractivity contribution in [3.63, 3.8) is 0 Å². The third-order valence-electron chi connectivity index (χ3n) is 4.01. The number of anilines is 3. The molecule has 0 aliphatic rings. The molecule has 0 fully saturated rings. The second-order valence-electron chi connectivity index (χ2n) is 6.28. The molecule has 9 heteroatoms. The third kappa shape index (κ3) is 3.84. The van der Waals surface area contributed by atoms with Crippen LogP contribution in [0.1, 0.15) is 17.1 Å². The summed E-state index contributed by atoms with van der Waals surface area (Å²) in [7, 11) is -4.15. The van der Waals surface area contributed by atoms with Gasteiger partial charge in [0, 0.05) is 6.07 Å². The highest BCUT2D eigenvalue weighted by atomic mass is 32.2. The number of sulfonamides is 1. The number of hydrogen-bond acceptors (Lipinski definition) is 4. The molecule has 0 saturated carbocycles. The Bertz CT molecular complexity index is 1160. The van der Waals surface area contributed by atoms with Crippen LogP contribution in [0.15, 0.2) is 45.7 Å². The zero-order valence-electron chi connectivity index (χ0n) is 15.2. The molecule has 0 amide bonds. The predicted octanol–water partition coefficient (Wildman–Crippen LogP) is 5.17. The van der Waals surface area contributed by atoms with Crippen molar-refractivity contribution in [3.05, 3.63) is 70.9 Å². The summed E-state index contributed by atoms with van der Waals surface area (Å²) in [6.45, 7) is 4.72. The van der Waals surface area contributed by atoms with Crippen LogP contribution < -0.4 is 10.0 Å². The molecule has 28 heavy (non-hydrogen) atoms. The molecule has 0 bridgehead atoms.